The Labute approximate surface area is 241 Å². The summed E-state index contributed by atoms with van der Waals surface area (Å²) in [6, 6.07) is 10.5. The van der Waals surface area contributed by atoms with Crippen LogP contribution < -0.4 is 9.64 Å². The fourth-order valence-electron chi connectivity index (χ4n) is 6.70. The second-order valence-corrected chi connectivity index (χ2v) is 10.9. The largest absolute Gasteiger partial charge is 0.504 e. The summed E-state index contributed by atoms with van der Waals surface area (Å²) in [6.45, 7) is 1.59. The number of hydrogen-bond donors (Lipinski definition) is 2. The quantitative estimate of drug-likeness (QED) is 0.311. The zero-order valence-corrected chi connectivity index (χ0v) is 22.9. The molecule has 2 amide bonds. The molecule has 1 aliphatic heterocycles. The number of nitrogens with zero attached hydrogens (tertiary/aromatic N) is 1. The highest BCUT2D eigenvalue weighted by molar-refractivity contribution is 6.25. The van der Waals surface area contributed by atoms with Gasteiger partial charge in [-0.15, -0.1) is 0 Å². The maximum atomic E-state index is 13.9. The summed E-state index contributed by atoms with van der Waals surface area (Å²) < 4.78 is 5.21. The Balaban J connectivity index is 1.42. The zero-order valence-electron chi connectivity index (χ0n) is 22.9. The van der Waals surface area contributed by atoms with Crippen molar-refractivity contribution in [1.29, 1.82) is 0 Å². The van der Waals surface area contributed by atoms with E-state index >= 15 is 0 Å². The number of hydrogen-bond acceptors (Lipinski definition) is 7. The van der Waals surface area contributed by atoms with Gasteiger partial charge in [-0.25, -0.2) is 4.79 Å². The van der Waals surface area contributed by atoms with Crippen molar-refractivity contribution in [3.63, 3.8) is 0 Å². The number of carboxylic acids is 1. The van der Waals surface area contributed by atoms with Gasteiger partial charge >= 0.3 is 5.97 Å². The molecule has 2 N–H and O–H groups in total. The third-order valence-electron chi connectivity index (χ3n) is 8.65. The molecule has 9 heteroatoms. The van der Waals surface area contributed by atoms with Crippen molar-refractivity contribution in [3.05, 3.63) is 94.1 Å². The van der Waals surface area contributed by atoms with Gasteiger partial charge in [-0.1, -0.05) is 35.9 Å². The molecule has 6 rings (SSSR count). The van der Waals surface area contributed by atoms with Crippen LogP contribution in [0.5, 0.6) is 11.5 Å². The van der Waals surface area contributed by atoms with Gasteiger partial charge in [0.2, 0.25) is 11.8 Å². The molecule has 42 heavy (non-hydrogen) atoms. The molecule has 4 atom stereocenters. The van der Waals surface area contributed by atoms with E-state index in [0.717, 1.165) is 10.5 Å². The van der Waals surface area contributed by atoms with Gasteiger partial charge in [-0.2, -0.15) is 0 Å². The number of ketones is 2. The highest BCUT2D eigenvalue weighted by Crippen LogP contribution is 2.53. The van der Waals surface area contributed by atoms with Crippen LogP contribution in [0.3, 0.4) is 0 Å². The van der Waals surface area contributed by atoms with Gasteiger partial charge in [-0.05, 0) is 67.7 Å². The Morgan fingerprint density at radius 1 is 1.05 bits per heavy atom. The lowest BCUT2D eigenvalue weighted by atomic mass is 9.60. The number of anilines is 1. The summed E-state index contributed by atoms with van der Waals surface area (Å²) in [4.78, 5) is 66.8. The van der Waals surface area contributed by atoms with Crippen LogP contribution in [0.2, 0.25) is 0 Å². The highest BCUT2D eigenvalue weighted by Gasteiger charge is 2.56. The van der Waals surface area contributed by atoms with Crippen LogP contribution in [-0.2, 0) is 19.2 Å². The number of aromatic carboxylic acids is 1. The zero-order chi connectivity index (χ0) is 29.9. The van der Waals surface area contributed by atoms with E-state index < -0.39 is 41.5 Å². The molecule has 9 nitrogen and oxygen atoms in total. The maximum Gasteiger partial charge on any atom is 0.335 e. The predicted octanol–water partition coefficient (Wildman–Crippen LogP) is 4.28. The first-order chi connectivity index (χ1) is 20.1. The molecule has 0 radical (unpaired) electrons. The van der Waals surface area contributed by atoms with Crippen molar-refractivity contribution in [2.24, 2.45) is 23.7 Å². The van der Waals surface area contributed by atoms with Crippen LogP contribution in [0.4, 0.5) is 5.69 Å². The fraction of sp³-hybridized carbons (Fsp3) is 0.242. The monoisotopic (exact) mass is 565 g/mol. The number of allylic oxidation sites excluding steroid dienone is 7. The first kappa shape index (κ1) is 27.1. The van der Waals surface area contributed by atoms with Crippen LogP contribution in [0, 0.1) is 23.7 Å². The van der Waals surface area contributed by atoms with E-state index in [2.05, 4.69) is 0 Å². The molecule has 0 spiro atoms. The number of amides is 2. The number of imide groups is 1. The van der Waals surface area contributed by atoms with Crippen LogP contribution in [-0.4, -0.2) is 46.7 Å². The number of aromatic hydroxyl groups is 1. The smallest absolute Gasteiger partial charge is 0.335 e. The second kappa shape index (κ2) is 10.1. The maximum absolute atomic E-state index is 13.9. The molecule has 0 unspecified atom stereocenters. The number of benzene rings is 2. The SMILES string of the molecule is COc1cc(C=C[C@H]2C3=CC[C@@H]4C(=O)N(c5cccc(C(=O)O)c5)C(=O)[C@@H]4[C@@H]3CC3=C2C(=O)C=C(C)C3=O)ccc1O. The van der Waals surface area contributed by atoms with Crippen molar-refractivity contribution < 1.29 is 38.9 Å². The summed E-state index contributed by atoms with van der Waals surface area (Å²) in [6.07, 6.45) is 7.27. The van der Waals surface area contributed by atoms with E-state index in [-0.39, 0.29) is 47.2 Å². The molecule has 0 bridgehead atoms. The number of phenolic OH excluding ortho intramolecular Hbond substituents is 1. The van der Waals surface area contributed by atoms with E-state index in [1.807, 2.05) is 12.2 Å². The lowest BCUT2D eigenvalue weighted by molar-refractivity contribution is -0.123. The van der Waals surface area contributed by atoms with Gasteiger partial charge in [0.25, 0.3) is 0 Å². The predicted molar refractivity (Wildman–Crippen MR) is 152 cm³/mol. The third-order valence-corrected chi connectivity index (χ3v) is 8.65. The molecule has 1 fully saturated rings. The summed E-state index contributed by atoms with van der Waals surface area (Å²) in [7, 11) is 1.44. The van der Waals surface area contributed by atoms with Crippen molar-refractivity contribution in [2.45, 2.75) is 19.8 Å². The average Bonchev–Trinajstić information content (AvgIpc) is 3.24. The van der Waals surface area contributed by atoms with Crippen LogP contribution in [0.1, 0.15) is 35.7 Å². The minimum absolute atomic E-state index is 0.0186. The first-order valence-electron chi connectivity index (χ1n) is 13.6. The number of ether oxygens (including phenoxy) is 1. The minimum Gasteiger partial charge on any atom is -0.504 e. The molecule has 2 aromatic rings. The molecule has 0 saturated carbocycles. The lowest BCUT2D eigenvalue weighted by Crippen LogP contribution is -2.40. The van der Waals surface area contributed by atoms with E-state index in [9.17, 15) is 34.2 Å². The first-order valence-corrected chi connectivity index (χ1v) is 13.6. The number of Topliss-reactive ketones (excluding diaryl/α,β-unsaturated/α-hetero) is 1. The number of methoxy groups -OCH3 is 1. The summed E-state index contributed by atoms with van der Waals surface area (Å²) >= 11 is 0. The van der Waals surface area contributed by atoms with E-state index in [1.165, 1.54) is 43.5 Å². The van der Waals surface area contributed by atoms with Crippen LogP contribution in [0.15, 0.2) is 83.0 Å². The fourth-order valence-corrected chi connectivity index (χ4v) is 6.70. The number of carbonyl (C=O) groups excluding carboxylic acids is 4. The summed E-state index contributed by atoms with van der Waals surface area (Å²) in [5.41, 5.74) is 2.69. The normalized spacial score (nSPS) is 25.2. The number of phenols is 1. The Kier molecular flexibility index (Phi) is 6.52. The van der Waals surface area contributed by atoms with Gasteiger partial charge in [0.15, 0.2) is 23.1 Å². The molecule has 2 aromatic carbocycles. The second-order valence-electron chi connectivity index (χ2n) is 10.9. The van der Waals surface area contributed by atoms with Crippen molar-refractivity contribution in [1.82, 2.24) is 0 Å². The van der Waals surface area contributed by atoms with E-state index in [4.69, 9.17) is 4.74 Å². The number of rotatable bonds is 5. The van der Waals surface area contributed by atoms with Crippen molar-refractivity contribution in [3.8, 4) is 11.5 Å². The molecule has 4 aliphatic rings. The molecular formula is C33H27NO8. The summed E-state index contributed by atoms with van der Waals surface area (Å²) in [5.74, 6) is -4.82. The standard InChI is InChI=1S/C33H27NO8/c1-16-12-26(36)28-21(8-6-17-7-11-25(35)27(13-17)42-2)20-9-10-22-29(23(20)15-24(28)30(16)37)32(39)34(31(22)38)19-5-3-4-18(14-19)33(40)41/h3-9,11-14,21-23,29,35H,10,15H2,1-2H3,(H,40,41)/t21-,22-,23+,29-/m0/s1. The van der Waals surface area contributed by atoms with E-state index in [1.54, 1.807) is 25.1 Å². The number of carboxylic acid groups (broad SMARTS) is 1. The molecule has 3 aliphatic carbocycles. The van der Waals surface area contributed by atoms with Crippen molar-refractivity contribution in [2.75, 3.05) is 12.0 Å². The van der Waals surface area contributed by atoms with Crippen LogP contribution >= 0.6 is 0 Å². The minimum atomic E-state index is -1.17. The number of fused-ring (bicyclic) bond motifs is 3. The van der Waals surface area contributed by atoms with Gasteiger partial charge in [-0.3, -0.25) is 24.1 Å². The van der Waals surface area contributed by atoms with E-state index in [0.29, 0.717) is 22.3 Å². The van der Waals surface area contributed by atoms with Gasteiger partial charge < -0.3 is 14.9 Å². The Morgan fingerprint density at radius 3 is 2.57 bits per heavy atom. The van der Waals surface area contributed by atoms with Gasteiger partial charge in [0.05, 0.1) is 30.2 Å². The molecule has 0 aromatic heterocycles. The molecular weight excluding hydrogens is 538 g/mol. The average molecular weight is 566 g/mol. The Hall–Kier alpha value is -5.05. The van der Waals surface area contributed by atoms with Gasteiger partial charge in [0, 0.05) is 22.6 Å². The molecule has 1 heterocycles. The van der Waals surface area contributed by atoms with Gasteiger partial charge in [0.1, 0.15) is 0 Å². The Bertz CT molecular complexity index is 1720. The topological polar surface area (TPSA) is 138 Å². The summed E-state index contributed by atoms with van der Waals surface area (Å²) in [5, 5.41) is 19.4. The van der Waals surface area contributed by atoms with Crippen LogP contribution in [0.25, 0.3) is 6.08 Å². The highest BCUT2D eigenvalue weighted by atomic mass is 16.5. The Morgan fingerprint density at radius 2 is 1.83 bits per heavy atom. The molecule has 212 valence electrons. The van der Waals surface area contributed by atoms with Crippen molar-refractivity contribution >= 4 is 41.1 Å². The lowest BCUT2D eigenvalue weighted by Gasteiger charge is -2.41. The molecule has 1 saturated heterocycles. The number of carbonyl (C=O) groups is 5. The third kappa shape index (κ3) is 4.20.